The van der Waals surface area contributed by atoms with Gasteiger partial charge < -0.3 is 15.3 Å². The molecule has 0 fully saturated rings. The van der Waals surface area contributed by atoms with Crippen LogP contribution in [0.4, 0.5) is 17.6 Å². The number of alkyl halides is 3. The summed E-state index contributed by atoms with van der Waals surface area (Å²) in [4.78, 5) is 26.7. The molecular weight excluding hydrogens is 428 g/mol. The first kappa shape index (κ1) is 22.0. The summed E-state index contributed by atoms with van der Waals surface area (Å²) in [7, 11) is 0. The van der Waals surface area contributed by atoms with Gasteiger partial charge in [0.05, 0.1) is 35.9 Å². The Bertz CT molecular complexity index is 983. The highest BCUT2D eigenvalue weighted by molar-refractivity contribution is 6.33. The first-order valence-corrected chi connectivity index (χ1v) is 9.33. The van der Waals surface area contributed by atoms with Crippen molar-refractivity contribution in [2.24, 2.45) is 0 Å². The van der Waals surface area contributed by atoms with Crippen LogP contribution in [-0.2, 0) is 22.2 Å². The van der Waals surface area contributed by atoms with E-state index in [1.54, 1.807) is 17.2 Å². The summed E-state index contributed by atoms with van der Waals surface area (Å²) >= 11 is 6.18. The van der Waals surface area contributed by atoms with Crippen molar-refractivity contribution in [3.8, 4) is 0 Å². The minimum atomic E-state index is -4.88. The maximum atomic E-state index is 13.4. The summed E-state index contributed by atoms with van der Waals surface area (Å²) in [6.07, 6.45) is -1.69. The van der Waals surface area contributed by atoms with E-state index in [0.29, 0.717) is 24.1 Å². The van der Waals surface area contributed by atoms with Gasteiger partial charge in [-0.2, -0.15) is 13.2 Å². The lowest BCUT2D eigenvalue weighted by atomic mass is 9.90. The van der Waals surface area contributed by atoms with Gasteiger partial charge >= 0.3 is 6.18 Å². The number of aliphatic hydroxyl groups excluding tert-OH is 1. The number of Topliss-reactive ketones (excluding diaryl/α,β-unsaturated/α-hetero) is 1. The number of nitrogens with one attached hydrogen (secondary N) is 1. The van der Waals surface area contributed by atoms with Gasteiger partial charge in [-0.1, -0.05) is 23.7 Å². The molecule has 10 heteroatoms. The monoisotopic (exact) mass is 444 g/mol. The van der Waals surface area contributed by atoms with Crippen molar-refractivity contribution in [2.45, 2.75) is 19.0 Å². The molecule has 30 heavy (non-hydrogen) atoms. The first-order chi connectivity index (χ1) is 14.1. The number of carbonyl (C=O) groups is 2. The van der Waals surface area contributed by atoms with Crippen LogP contribution >= 0.6 is 11.6 Å². The third kappa shape index (κ3) is 4.73. The molecule has 0 aromatic heterocycles. The fraction of sp³-hybridized carbons (Fsp3) is 0.300. The molecular formula is C20H17ClF4N2O3. The smallest absolute Gasteiger partial charge is 0.395 e. The van der Waals surface area contributed by atoms with Crippen molar-refractivity contribution < 1.29 is 32.3 Å². The molecule has 1 aliphatic carbocycles. The Kier molecular flexibility index (Phi) is 6.33. The van der Waals surface area contributed by atoms with Crippen LogP contribution in [0.3, 0.4) is 0 Å². The van der Waals surface area contributed by atoms with Crippen LogP contribution in [0.2, 0.25) is 0 Å². The topological polar surface area (TPSA) is 69.6 Å². The number of rotatable bonds is 5. The Morgan fingerprint density at radius 2 is 2.03 bits per heavy atom. The Morgan fingerprint density at radius 1 is 1.30 bits per heavy atom. The number of fused-ring (bicyclic) bond motifs is 1. The molecule has 1 heterocycles. The highest BCUT2D eigenvalue weighted by atomic mass is 35.5. The van der Waals surface area contributed by atoms with E-state index in [1.165, 1.54) is 0 Å². The third-order valence-corrected chi connectivity index (χ3v) is 4.97. The second-order valence-electron chi connectivity index (χ2n) is 6.81. The van der Waals surface area contributed by atoms with Crippen molar-refractivity contribution in [2.75, 3.05) is 19.7 Å². The molecule has 3 rings (SSSR count). The van der Waals surface area contributed by atoms with Crippen LogP contribution in [0, 0.1) is 5.82 Å². The molecule has 0 unspecified atom stereocenters. The number of hydrogen-bond donors (Lipinski definition) is 2. The van der Waals surface area contributed by atoms with E-state index in [0.717, 1.165) is 6.07 Å². The largest absolute Gasteiger partial charge is 0.419 e. The van der Waals surface area contributed by atoms with E-state index in [1.807, 2.05) is 0 Å². The maximum Gasteiger partial charge on any atom is 0.419 e. The molecule has 0 atom stereocenters. The maximum absolute atomic E-state index is 13.4. The van der Waals surface area contributed by atoms with Crippen molar-refractivity contribution in [1.29, 1.82) is 0 Å². The van der Waals surface area contributed by atoms with Crippen molar-refractivity contribution in [3.63, 3.8) is 0 Å². The zero-order valence-corrected chi connectivity index (χ0v) is 16.3. The number of ketones is 1. The fourth-order valence-corrected chi connectivity index (χ4v) is 3.53. The van der Waals surface area contributed by atoms with E-state index in [9.17, 15) is 27.2 Å². The standard InChI is InChI=1S/C20H17ClF4N2O3/c21-14-3-2-12-9-27(5-6-28)10-16(29)18(12)19(14)26-17(30)8-11-1-4-15(22)13(7-11)20(23,24)25/h1,3-4,7,9,28H,2,5-6,8,10H2,(H,26,30). The van der Waals surface area contributed by atoms with Crippen LogP contribution in [-0.4, -0.2) is 41.4 Å². The molecule has 1 amide bonds. The van der Waals surface area contributed by atoms with Gasteiger partial charge in [-0.3, -0.25) is 9.59 Å². The zero-order chi connectivity index (χ0) is 22.1. The Balaban J connectivity index is 1.84. The highest BCUT2D eigenvalue weighted by Gasteiger charge is 2.34. The lowest BCUT2D eigenvalue weighted by molar-refractivity contribution is -0.140. The van der Waals surface area contributed by atoms with E-state index in [4.69, 9.17) is 16.7 Å². The second kappa shape index (κ2) is 8.61. The predicted molar refractivity (Wildman–Crippen MR) is 101 cm³/mol. The number of allylic oxidation sites excluding steroid dienone is 3. The number of nitrogens with zero attached hydrogens (tertiary/aromatic N) is 1. The van der Waals surface area contributed by atoms with Gasteiger partial charge in [0.1, 0.15) is 5.82 Å². The number of hydrogen-bond acceptors (Lipinski definition) is 4. The summed E-state index contributed by atoms with van der Waals surface area (Å²) in [5, 5.41) is 11.7. The van der Waals surface area contributed by atoms with Crippen LogP contribution in [0.25, 0.3) is 0 Å². The number of amides is 1. The molecule has 0 saturated heterocycles. The number of benzene rings is 1. The SMILES string of the molecule is O=C(Cc1ccc(F)c(C(F)(F)F)c1)NC1=C2C(=O)CN(CCO)C=C2CC=C1Cl. The highest BCUT2D eigenvalue weighted by Crippen LogP contribution is 2.34. The van der Waals surface area contributed by atoms with Gasteiger partial charge in [-0.15, -0.1) is 0 Å². The summed E-state index contributed by atoms with van der Waals surface area (Å²) < 4.78 is 52.0. The number of aliphatic hydroxyl groups is 1. The van der Waals surface area contributed by atoms with Crippen molar-refractivity contribution in [1.82, 2.24) is 10.2 Å². The van der Waals surface area contributed by atoms with Gasteiger partial charge in [0.2, 0.25) is 5.91 Å². The molecule has 0 saturated carbocycles. The summed E-state index contributed by atoms with van der Waals surface area (Å²) in [5.74, 6) is -2.43. The number of halogens is 5. The number of β-amino-alcohol motifs (C(OH)–C–C–N with tert-alkyl or cyclic N) is 1. The molecule has 1 aliphatic heterocycles. The van der Waals surface area contributed by atoms with E-state index in [2.05, 4.69) is 5.32 Å². The number of carbonyl (C=O) groups excluding carboxylic acids is 2. The van der Waals surface area contributed by atoms with Gasteiger partial charge in [-0.05, 0) is 29.7 Å². The van der Waals surface area contributed by atoms with Crippen LogP contribution in [0.1, 0.15) is 17.5 Å². The molecule has 5 nitrogen and oxygen atoms in total. The average molecular weight is 445 g/mol. The van der Waals surface area contributed by atoms with E-state index >= 15 is 0 Å². The van der Waals surface area contributed by atoms with E-state index < -0.39 is 29.9 Å². The Morgan fingerprint density at radius 3 is 2.70 bits per heavy atom. The van der Waals surface area contributed by atoms with Gasteiger partial charge in [0, 0.05) is 18.3 Å². The van der Waals surface area contributed by atoms with Crippen molar-refractivity contribution in [3.05, 3.63) is 69.3 Å². The third-order valence-electron chi connectivity index (χ3n) is 4.63. The molecule has 0 bridgehead atoms. The quantitative estimate of drug-likeness (QED) is 0.685. The second-order valence-corrected chi connectivity index (χ2v) is 7.22. The zero-order valence-electron chi connectivity index (χ0n) is 15.5. The summed E-state index contributed by atoms with van der Waals surface area (Å²) in [6, 6.07) is 2.32. The lowest BCUT2D eigenvalue weighted by Gasteiger charge is -2.30. The van der Waals surface area contributed by atoms with E-state index in [-0.39, 0.29) is 47.3 Å². The van der Waals surface area contributed by atoms with Gasteiger partial charge in [-0.25, -0.2) is 4.39 Å². The predicted octanol–water partition coefficient (Wildman–Crippen LogP) is 3.04. The van der Waals surface area contributed by atoms with Crippen LogP contribution < -0.4 is 5.32 Å². The summed E-state index contributed by atoms with van der Waals surface area (Å²) in [6.45, 7) is 0.136. The average Bonchev–Trinajstić information content (AvgIpc) is 2.65. The summed E-state index contributed by atoms with van der Waals surface area (Å²) in [5.41, 5.74) is -0.559. The van der Waals surface area contributed by atoms with Crippen molar-refractivity contribution >= 4 is 23.3 Å². The minimum Gasteiger partial charge on any atom is -0.395 e. The molecule has 0 spiro atoms. The molecule has 160 valence electrons. The fourth-order valence-electron chi connectivity index (χ4n) is 3.31. The molecule has 1 aromatic rings. The Labute approximate surface area is 174 Å². The molecule has 0 radical (unpaired) electrons. The van der Waals surface area contributed by atoms with Gasteiger partial charge in [0.25, 0.3) is 0 Å². The van der Waals surface area contributed by atoms with Gasteiger partial charge in [0.15, 0.2) is 5.78 Å². The Hall–Kier alpha value is -2.65. The normalized spacial score (nSPS) is 16.9. The minimum absolute atomic E-state index is 0.00413. The van der Waals surface area contributed by atoms with Crippen LogP contribution in [0.15, 0.2) is 52.4 Å². The first-order valence-electron chi connectivity index (χ1n) is 8.95. The molecule has 2 aliphatic rings. The molecule has 1 aromatic carbocycles. The lowest BCUT2D eigenvalue weighted by Crippen LogP contribution is -2.37. The molecule has 2 N–H and O–H groups in total. The van der Waals surface area contributed by atoms with Crippen LogP contribution in [0.5, 0.6) is 0 Å².